The fourth-order valence-electron chi connectivity index (χ4n) is 8.89. The molecular formula is C60H64BBr2Cl3F6N2O8S3. The van der Waals surface area contributed by atoms with Crippen LogP contribution in [0.1, 0.15) is 82.0 Å². The summed E-state index contributed by atoms with van der Waals surface area (Å²) in [7, 11) is 0.296. The molecule has 0 fully saturated rings. The van der Waals surface area contributed by atoms with E-state index in [4.69, 9.17) is 43.9 Å². The van der Waals surface area contributed by atoms with Gasteiger partial charge in [0.05, 0.1) is 37.3 Å². The Morgan fingerprint density at radius 1 is 0.494 bits per heavy atom. The molecule has 85 heavy (non-hydrogen) atoms. The fourth-order valence-corrected chi connectivity index (χ4v) is 14.8. The zero-order valence-electron chi connectivity index (χ0n) is 47.8. The number of aryl methyl sites for hydroxylation is 3. The van der Waals surface area contributed by atoms with E-state index in [2.05, 4.69) is 42.8 Å². The van der Waals surface area contributed by atoms with E-state index in [1.54, 1.807) is 37.3 Å². The van der Waals surface area contributed by atoms with E-state index < -0.39 is 64.8 Å². The van der Waals surface area contributed by atoms with Crippen LogP contribution < -0.4 is 5.46 Å². The van der Waals surface area contributed by atoms with Crippen LogP contribution in [0.4, 0.5) is 26.3 Å². The molecule has 0 spiro atoms. The van der Waals surface area contributed by atoms with Gasteiger partial charge in [0.25, 0.3) is 9.05 Å². The molecule has 7 aromatic rings. The molecule has 7 rings (SSSR count). The van der Waals surface area contributed by atoms with Crippen molar-refractivity contribution in [2.45, 2.75) is 106 Å². The van der Waals surface area contributed by atoms with Crippen molar-refractivity contribution in [1.29, 1.82) is 0 Å². The van der Waals surface area contributed by atoms with Crippen molar-refractivity contribution in [2.24, 2.45) is 0 Å². The molecule has 0 amide bonds. The van der Waals surface area contributed by atoms with E-state index >= 15 is 0 Å². The summed E-state index contributed by atoms with van der Waals surface area (Å²) in [6.07, 6.45) is -7.55. The van der Waals surface area contributed by atoms with Gasteiger partial charge in [-0.05, 0) is 201 Å². The molecule has 10 nitrogen and oxygen atoms in total. The smallest absolute Gasteiger partial charge is 0.423 e. The molecule has 0 saturated heterocycles. The van der Waals surface area contributed by atoms with Crippen LogP contribution in [0.25, 0.3) is 11.1 Å². The normalized spacial score (nSPS) is 12.0. The van der Waals surface area contributed by atoms with E-state index in [9.17, 15) is 51.6 Å². The molecule has 0 aromatic heterocycles. The average molecular weight is 1430 g/mol. The highest BCUT2D eigenvalue weighted by atomic mass is 79.9. The Balaban J connectivity index is 0.000000263. The maximum Gasteiger partial charge on any atom is 0.489 e. The van der Waals surface area contributed by atoms with Crippen molar-refractivity contribution in [2.75, 3.05) is 28.2 Å². The van der Waals surface area contributed by atoms with Gasteiger partial charge in [0.1, 0.15) is 0 Å². The van der Waals surface area contributed by atoms with E-state index in [0.717, 1.165) is 67.1 Å². The summed E-state index contributed by atoms with van der Waals surface area (Å²) in [5.41, 5.74) is 5.49. The van der Waals surface area contributed by atoms with Crippen LogP contribution in [0.3, 0.4) is 0 Å². The maximum atomic E-state index is 13.6. The van der Waals surface area contributed by atoms with Crippen molar-refractivity contribution in [3.8, 4) is 11.1 Å². The highest BCUT2D eigenvalue weighted by Gasteiger charge is 2.37. The standard InChI is InChI=1S/C26H27ClF3NO2S.C19H24BrNO2S.C8H8BrClO2S.C7H5BClF3O2/c1-5-18-13-19(23-11-10-22(27)14-24(23)26(28,29)30)9-12-25(18)34(32,33)16-21-8-6-7-20(17(21)2)15-31(3)4;1-5-15-11-18(20)9-10-19(15)24(22,23)13-17-8-6-7-16(14(17)2)12-21(3)4;1-2-6-5-7(9)3-4-8(6)13(10,11)12;9-4-1-2-6(8(13)14)5(3-4)7(10,11)12/h6-14H,5,15-16H2,1-4H3;6-11H,5,12-13H2,1-4H3;3-5H,2H2,1H3;1-3,13-14H. The number of hydrogen-bond donors (Lipinski definition) is 2. The molecule has 7 aromatic carbocycles. The van der Waals surface area contributed by atoms with Gasteiger partial charge in [0, 0.05) is 42.8 Å². The lowest BCUT2D eigenvalue weighted by Crippen LogP contribution is -2.35. The van der Waals surface area contributed by atoms with Crippen LogP contribution in [-0.4, -0.2) is 80.4 Å². The van der Waals surface area contributed by atoms with Gasteiger partial charge in [0.2, 0.25) is 0 Å². The second kappa shape index (κ2) is 31.2. The topological polar surface area (TPSA) is 149 Å². The number of hydrogen-bond acceptors (Lipinski definition) is 10. The first-order chi connectivity index (χ1) is 39.3. The van der Waals surface area contributed by atoms with E-state index in [0.29, 0.717) is 53.5 Å². The minimum atomic E-state index is -4.65. The minimum Gasteiger partial charge on any atom is -0.423 e. The van der Waals surface area contributed by atoms with Crippen LogP contribution in [0.15, 0.2) is 151 Å². The monoisotopic (exact) mass is 1420 g/mol. The Morgan fingerprint density at radius 3 is 1.27 bits per heavy atom. The first-order valence-corrected chi connectivity index (χ1v) is 33.9. The van der Waals surface area contributed by atoms with Gasteiger partial charge < -0.3 is 19.8 Å². The molecule has 0 aliphatic rings. The van der Waals surface area contributed by atoms with Gasteiger partial charge in [-0.2, -0.15) is 26.3 Å². The van der Waals surface area contributed by atoms with Gasteiger partial charge in [-0.3, -0.25) is 0 Å². The second-order valence-corrected chi connectivity index (χ2v) is 29.2. The summed E-state index contributed by atoms with van der Waals surface area (Å²) in [4.78, 5) is 4.87. The molecule has 0 unspecified atom stereocenters. The molecule has 25 heteroatoms. The molecular weight excluding hydrogens is 1360 g/mol. The van der Waals surface area contributed by atoms with Gasteiger partial charge in [0.15, 0.2) is 19.7 Å². The predicted molar refractivity (Wildman–Crippen MR) is 337 cm³/mol. The molecule has 0 saturated carbocycles. The summed E-state index contributed by atoms with van der Waals surface area (Å²) in [6.45, 7) is 11.1. The highest BCUT2D eigenvalue weighted by molar-refractivity contribution is 9.10. The maximum absolute atomic E-state index is 13.6. The first-order valence-electron chi connectivity index (χ1n) is 26.0. The number of halogens is 11. The Hall–Kier alpha value is -4.30. The second-order valence-electron chi connectivity index (χ2n) is 20.0. The minimum absolute atomic E-state index is 0.0159. The Labute approximate surface area is 526 Å². The van der Waals surface area contributed by atoms with Gasteiger partial charge in [-0.1, -0.05) is 130 Å². The Kier molecular flexibility index (Phi) is 26.9. The quantitative estimate of drug-likeness (QED) is 0.0544. The summed E-state index contributed by atoms with van der Waals surface area (Å²) in [5.74, 6) is -0.143. The van der Waals surface area contributed by atoms with Crippen molar-refractivity contribution in [1.82, 2.24) is 9.80 Å². The zero-order valence-corrected chi connectivity index (χ0v) is 55.7. The van der Waals surface area contributed by atoms with Crippen LogP contribution in [-0.2, 0) is 84.9 Å². The summed E-state index contributed by atoms with van der Waals surface area (Å²) in [5, 5.41) is 17.2. The van der Waals surface area contributed by atoms with E-state index in [1.807, 2.05) is 91.1 Å². The number of nitrogens with zero attached hydrogens (tertiary/aromatic N) is 2. The lowest BCUT2D eigenvalue weighted by molar-refractivity contribution is -0.137. The summed E-state index contributed by atoms with van der Waals surface area (Å²) < 4.78 is 154. The molecule has 2 N–H and O–H groups in total. The molecule has 0 radical (unpaired) electrons. The van der Waals surface area contributed by atoms with Crippen LogP contribution in [0.2, 0.25) is 10.0 Å². The number of alkyl halides is 6. The van der Waals surface area contributed by atoms with E-state index in [1.165, 1.54) is 42.0 Å². The van der Waals surface area contributed by atoms with Crippen molar-refractivity contribution < 1.29 is 61.6 Å². The molecule has 0 aliphatic heterocycles. The summed E-state index contributed by atoms with van der Waals surface area (Å²) in [6, 6.07) is 32.6. The largest absolute Gasteiger partial charge is 0.489 e. The fraction of sp³-hybridized carbons (Fsp3) is 0.300. The van der Waals surface area contributed by atoms with Gasteiger partial charge in [-0.25, -0.2) is 25.3 Å². The van der Waals surface area contributed by atoms with Crippen molar-refractivity contribution in [3.63, 3.8) is 0 Å². The Morgan fingerprint density at radius 2 is 0.871 bits per heavy atom. The molecule has 0 heterocycles. The molecule has 0 aliphatic carbocycles. The van der Waals surface area contributed by atoms with Crippen LogP contribution >= 0.6 is 65.7 Å². The average Bonchev–Trinajstić information content (AvgIpc) is 2.50. The number of sulfone groups is 2. The Bertz CT molecular complexity index is 3820. The van der Waals surface area contributed by atoms with Crippen LogP contribution in [0.5, 0.6) is 0 Å². The highest BCUT2D eigenvalue weighted by Crippen LogP contribution is 2.40. The van der Waals surface area contributed by atoms with Gasteiger partial charge in [-0.15, -0.1) is 0 Å². The third-order valence-corrected chi connectivity index (χ3v) is 19.6. The van der Waals surface area contributed by atoms with Crippen molar-refractivity contribution >= 4 is 107 Å². The van der Waals surface area contributed by atoms with E-state index in [-0.39, 0.29) is 36.9 Å². The predicted octanol–water partition coefficient (Wildman–Crippen LogP) is 15.3. The number of rotatable bonds is 16. The van der Waals surface area contributed by atoms with Crippen LogP contribution in [0, 0.1) is 13.8 Å². The zero-order chi connectivity index (χ0) is 64.2. The summed E-state index contributed by atoms with van der Waals surface area (Å²) >= 11 is 17.8. The number of benzene rings is 7. The molecule has 0 bridgehead atoms. The third-order valence-electron chi connectivity index (χ3n) is 13.2. The lowest BCUT2D eigenvalue weighted by atomic mass is 9.77. The molecule has 460 valence electrons. The third kappa shape index (κ3) is 21.2. The van der Waals surface area contributed by atoms with Crippen molar-refractivity contribution in [3.05, 3.63) is 208 Å². The molecule has 0 atom stereocenters. The first kappa shape index (κ1) is 73.2. The SMILES string of the molecule is CCc1cc(-c2ccc(Cl)cc2C(F)(F)F)ccc1S(=O)(=O)Cc1cccc(CN(C)C)c1C.CCc1cc(Br)ccc1S(=O)(=O)Cc1cccc(CN(C)C)c1C.CCc1cc(Br)ccc1S(=O)(=O)Cl.OB(O)c1ccc(Cl)cc1C(F)(F)F. The van der Waals surface area contributed by atoms with Gasteiger partial charge >= 0.3 is 19.5 Å². The lowest BCUT2D eigenvalue weighted by Gasteiger charge is -2.17.